The van der Waals surface area contributed by atoms with Crippen molar-refractivity contribution in [3.05, 3.63) is 0 Å². The summed E-state index contributed by atoms with van der Waals surface area (Å²) in [6.07, 6.45) is 0.651. The second-order valence-corrected chi connectivity index (χ2v) is 5.49. The van der Waals surface area contributed by atoms with Crippen molar-refractivity contribution >= 4 is 31.4 Å². The van der Waals surface area contributed by atoms with Crippen LogP contribution in [0.15, 0.2) is 0 Å². The van der Waals surface area contributed by atoms with Crippen LogP contribution in [0.1, 0.15) is 20.3 Å². The van der Waals surface area contributed by atoms with Gasteiger partial charge in [0.1, 0.15) is 13.6 Å². The van der Waals surface area contributed by atoms with Crippen LogP contribution in [-0.2, 0) is 19.2 Å². The third-order valence-electron chi connectivity index (χ3n) is 3.39. The lowest BCUT2D eigenvalue weighted by Crippen LogP contribution is -2.45. The zero-order valence-electron chi connectivity index (χ0n) is 15.2. The maximum absolute atomic E-state index is 12.0. The minimum atomic E-state index is -0.278. The molecule has 0 heterocycles. The molecule has 136 valence electrons. The molecule has 0 saturated carbocycles. The van der Waals surface area contributed by atoms with Crippen molar-refractivity contribution in [2.45, 2.75) is 26.6 Å². The van der Waals surface area contributed by atoms with Crippen molar-refractivity contribution in [2.75, 3.05) is 46.3 Å². The Labute approximate surface area is 144 Å². The van der Waals surface area contributed by atoms with Crippen LogP contribution in [0.25, 0.3) is 0 Å². The summed E-state index contributed by atoms with van der Waals surface area (Å²) >= 11 is 0. The molecule has 2 N–H and O–H groups in total. The maximum atomic E-state index is 12.0. The van der Waals surface area contributed by atoms with Crippen LogP contribution in [0, 0.1) is 0 Å². The Bertz CT molecular complexity index is 445. The summed E-state index contributed by atoms with van der Waals surface area (Å²) in [7, 11) is 3.53. The molecule has 0 unspecified atom stereocenters. The van der Waals surface area contributed by atoms with Crippen LogP contribution < -0.4 is 10.6 Å². The van der Waals surface area contributed by atoms with Crippen molar-refractivity contribution in [1.29, 1.82) is 0 Å². The van der Waals surface area contributed by atoms with E-state index in [1.807, 2.05) is 0 Å². The quantitative estimate of drug-likeness (QED) is 0.402. The van der Waals surface area contributed by atoms with Gasteiger partial charge in [-0.15, -0.1) is 0 Å². The largest absolute Gasteiger partial charge is 0.353 e. The Morgan fingerprint density at radius 2 is 1.54 bits per heavy atom. The average Bonchev–Trinajstić information content (AvgIpc) is 2.55. The molecule has 0 radical (unpaired) electrons. The molecule has 0 aromatic rings. The molecular weight excluding hydrogens is 311 g/mol. The second-order valence-electron chi connectivity index (χ2n) is 5.49. The van der Waals surface area contributed by atoms with Gasteiger partial charge < -0.3 is 20.4 Å². The Kier molecular flexibility index (Phi) is 11.5. The van der Waals surface area contributed by atoms with E-state index >= 15 is 0 Å². The molecule has 0 spiro atoms. The topological polar surface area (TPSA) is 98.8 Å². The first-order valence-electron chi connectivity index (χ1n) is 8.31. The summed E-state index contributed by atoms with van der Waals surface area (Å²) in [5.41, 5.74) is 0. The smallest absolute Gasteiger partial charge is 0.239 e. The summed E-state index contributed by atoms with van der Waals surface area (Å²) < 4.78 is 0. The molecule has 24 heavy (non-hydrogen) atoms. The van der Waals surface area contributed by atoms with Gasteiger partial charge in [-0.05, 0) is 20.3 Å². The number of likely N-dealkylation sites (N-methyl/N-ethyl adjacent to an activating group) is 1. The third kappa shape index (κ3) is 9.29. The van der Waals surface area contributed by atoms with Gasteiger partial charge in [-0.25, -0.2) is 0 Å². The maximum Gasteiger partial charge on any atom is 0.239 e. The third-order valence-corrected chi connectivity index (χ3v) is 3.39. The average molecular weight is 340 g/mol. The van der Waals surface area contributed by atoms with E-state index in [2.05, 4.69) is 10.6 Å². The molecule has 0 aromatic heterocycles. The van der Waals surface area contributed by atoms with E-state index in [4.69, 9.17) is 0 Å². The lowest BCUT2D eigenvalue weighted by molar-refractivity contribution is -0.135. The molecule has 0 rings (SSSR count). The van der Waals surface area contributed by atoms with Crippen LogP contribution in [0.3, 0.4) is 0 Å². The summed E-state index contributed by atoms with van der Waals surface area (Å²) in [5.74, 6) is -0.592. The van der Waals surface area contributed by atoms with Gasteiger partial charge in [-0.1, -0.05) is 6.92 Å². The van der Waals surface area contributed by atoms with Gasteiger partial charge in [0.05, 0.1) is 13.1 Å². The molecule has 8 nitrogen and oxygen atoms in total. The van der Waals surface area contributed by atoms with Crippen molar-refractivity contribution in [2.24, 2.45) is 0 Å². The van der Waals surface area contributed by atoms with Gasteiger partial charge in [0.15, 0.2) is 0 Å². The fourth-order valence-electron chi connectivity index (χ4n) is 2.11. The Morgan fingerprint density at radius 1 is 0.958 bits per heavy atom. The van der Waals surface area contributed by atoms with E-state index in [1.165, 1.54) is 16.7 Å². The zero-order chi connectivity index (χ0) is 18.5. The highest BCUT2D eigenvalue weighted by molar-refractivity contribution is 6.19. The van der Waals surface area contributed by atoms with E-state index in [1.54, 1.807) is 21.8 Å². The predicted octanol–water partition coefficient (Wildman–Crippen LogP) is -1.97. The lowest BCUT2D eigenvalue weighted by Gasteiger charge is -2.23. The molecule has 0 aromatic carbocycles. The summed E-state index contributed by atoms with van der Waals surface area (Å²) in [6, 6.07) is 0. The molecule has 0 saturated heterocycles. The fraction of sp³-hybridized carbons (Fsp3) is 0.733. The van der Waals surface area contributed by atoms with Crippen molar-refractivity contribution in [3.63, 3.8) is 0 Å². The van der Waals surface area contributed by atoms with Crippen LogP contribution in [0.5, 0.6) is 0 Å². The molecule has 0 atom stereocenters. The van der Waals surface area contributed by atoms with Gasteiger partial charge in [-0.3, -0.25) is 19.2 Å². The van der Waals surface area contributed by atoms with E-state index in [9.17, 15) is 19.2 Å². The molecule has 0 aliphatic carbocycles. The van der Waals surface area contributed by atoms with E-state index in [0.717, 1.165) is 0 Å². The normalized spacial score (nSPS) is 10.1. The monoisotopic (exact) mass is 340 g/mol. The highest BCUT2D eigenvalue weighted by Crippen LogP contribution is 1.95. The Hall–Kier alpha value is -1.90. The molecule has 0 aliphatic rings. The minimum absolute atomic E-state index is 0.0111. The Balaban J connectivity index is 4.40. The van der Waals surface area contributed by atoms with Gasteiger partial charge in [0.25, 0.3) is 0 Å². The summed E-state index contributed by atoms with van der Waals surface area (Å²) in [4.78, 5) is 49.7. The number of carbonyl (C=O) groups is 4. The lowest BCUT2D eigenvalue weighted by atomic mass is 10.0. The van der Waals surface area contributed by atoms with Crippen molar-refractivity contribution < 1.29 is 19.2 Å². The number of hydrogen-bond donors (Lipinski definition) is 2. The fourth-order valence-corrected chi connectivity index (χ4v) is 2.11. The first-order valence-corrected chi connectivity index (χ1v) is 8.31. The number of carbonyl (C=O) groups excluding carboxylic acids is 4. The zero-order valence-corrected chi connectivity index (χ0v) is 15.2. The van der Waals surface area contributed by atoms with E-state index in [-0.39, 0.29) is 49.7 Å². The number of hydrogen-bond acceptors (Lipinski definition) is 5. The predicted molar refractivity (Wildman–Crippen MR) is 94.4 cm³/mol. The van der Waals surface area contributed by atoms with Crippen LogP contribution >= 0.6 is 0 Å². The van der Waals surface area contributed by atoms with Crippen LogP contribution in [0.2, 0.25) is 6.32 Å². The first kappa shape index (κ1) is 22.1. The van der Waals surface area contributed by atoms with Crippen molar-refractivity contribution in [1.82, 2.24) is 20.4 Å². The SMILES string of the molecule is BCC(=O)N(CCNC)CC(=O)NCCN(CC(C)=O)C(=O)CC. The molecule has 0 fully saturated rings. The van der Waals surface area contributed by atoms with E-state index in [0.29, 0.717) is 25.8 Å². The van der Waals surface area contributed by atoms with Crippen LogP contribution in [0.4, 0.5) is 0 Å². The van der Waals surface area contributed by atoms with Crippen molar-refractivity contribution in [3.8, 4) is 0 Å². The van der Waals surface area contributed by atoms with Gasteiger partial charge in [0, 0.05) is 32.6 Å². The number of rotatable bonds is 12. The number of nitrogens with one attached hydrogen (secondary N) is 2. The molecule has 9 heteroatoms. The van der Waals surface area contributed by atoms with Gasteiger partial charge in [-0.2, -0.15) is 0 Å². The van der Waals surface area contributed by atoms with E-state index < -0.39 is 0 Å². The number of Topliss-reactive ketones (excluding diaryl/α,β-unsaturated/α-hetero) is 1. The van der Waals surface area contributed by atoms with Gasteiger partial charge in [0.2, 0.25) is 17.7 Å². The number of ketones is 1. The van der Waals surface area contributed by atoms with Crippen LogP contribution in [-0.4, -0.2) is 87.5 Å². The summed E-state index contributed by atoms with van der Waals surface area (Å²) in [6.45, 7) is 4.77. The number of nitrogens with zero attached hydrogens (tertiary/aromatic N) is 2. The standard InChI is InChI=1S/C15H29BN4O4/c1-4-14(23)19(10-12(2)21)8-6-18-13(22)11-20(7-5-17-3)15(24)9-16/h17H,4-11,16H2,1-3H3,(H,18,22). The summed E-state index contributed by atoms with van der Waals surface area (Å²) in [5, 5.41) is 5.64. The highest BCUT2D eigenvalue weighted by Gasteiger charge is 2.16. The molecule has 3 amide bonds. The first-order chi connectivity index (χ1) is 11.3. The minimum Gasteiger partial charge on any atom is -0.353 e. The number of amides is 3. The Morgan fingerprint density at radius 3 is 2.04 bits per heavy atom. The molecule has 0 bridgehead atoms. The molecular formula is C15H29BN4O4. The highest BCUT2D eigenvalue weighted by atomic mass is 16.2. The second kappa shape index (κ2) is 12.5. The van der Waals surface area contributed by atoms with Gasteiger partial charge >= 0.3 is 0 Å². The molecule has 0 aliphatic heterocycles.